The van der Waals surface area contributed by atoms with Crippen LogP contribution in [0.4, 0.5) is 0 Å². The van der Waals surface area contributed by atoms with Gasteiger partial charge in [-0.3, -0.25) is 0 Å². The normalized spacial score (nSPS) is 12.3. The van der Waals surface area contributed by atoms with Crippen molar-refractivity contribution < 1.29 is 5.11 Å². The molecule has 0 spiro atoms. The molecule has 0 fully saturated rings. The van der Waals surface area contributed by atoms with Crippen LogP contribution in [0.3, 0.4) is 0 Å². The van der Waals surface area contributed by atoms with Crippen molar-refractivity contribution in [2.24, 2.45) is 0 Å². The molecule has 0 radical (unpaired) electrons. The van der Waals surface area contributed by atoms with E-state index in [0.29, 0.717) is 5.02 Å². The quantitative estimate of drug-likeness (QED) is 0.609. The van der Waals surface area contributed by atoms with Crippen molar-refractivity contribution in [1.29, 1.82) is 0 Å². The fraction of sp³-hybridized carbons (Fsp3) is 0.0769. The molecule has 3 rings (SSSR count). The molecule has 1 aliphatic rings. The number of hydrogen-bond acceptors (Lipinski definition) is 1. The zero-order chi connectivity index (χ0) is 10.4. The molecule has 15 heavy (non-hydrogen) atoms. The highest BCUT2D eigenvalue weighted by atomic mass is 35.5. The molecule has 74 valence electrons. The van der Waals surface area contributed by atoms with Gasteiger partial charge < -0.3 is 5.11 Å². The Labute approximate surface area is 92.9 Å². The molecule has 0 bridgehead atoms. The van der Waals surface area contributed by atoms with Gasteiger partial charge in [-0.1, -0.05) is 41.9 Å². The fourth-order valence-corrected chi connectivity index (χ4v) is 2.34. The summed E-state index contributed by atoms with van der Waals surface area (Å²) in [6, 6.07) is 11.9. The molecular formula is C13H9ClO. The van der Waals surface area contributed by atoms with Crippen molar-refractivity contribution in [3.05, 3.63) is 52.5 Å². The molecule has 2 heteroatoms. The smallest absolute Gasteiger partial charge is 0.138 e. The van der Waals surface area contributed by atoms with Crippen LogP contribution in [0.1, 0.15) is 11.1 Å². The average Bonchev–Trinajstić information content (AvgIpc) is 2.63. The molecule has 0 atom stereocenters. The van der Waals surface area contributed by atoms with Crippen LogP contribution in [0.2, 0.25) is 5.02 Å². The number of phenols is 1. The standard InChI is InChI=1S/C13H9ClO/c14-12-6-5-10-9-4-2-1-3-8(9)7-11(10)13(12)15/h1-6,15H,7H2. The van der Waals surface area contributed by atoms with E-state index in [-0.39, 0.29) is 5.75 Å². The van der Waals surface area contributed by atoms with Gasteiger partial charge in [-0.2, -0.15) is 0 Å². The van der Waals surface area contributed by atoms with Gasteiger partial charge in [-0.15, -0.1) is 0 Å². The Balaban J connectivity index is 2.31. The predicted octanol–water partition coefficient (Wildman–Crippen LogP) is 3.62. The Kier molecular flexibility index (Phi) is 1.77. The van der Waals surface area contributed by atoms with E-state index < -0.39 is 0 Å². The zero-order valence-electron chi connectivity index (χ0n) is 8.00. The van der Waals surface area contributed by atoms with E-state index in [1.165, 1.54) is 11.1 Å². The Morgan fingerprint density at radius 2 is 1.80 bits per heavy atom. The number of aromatic hydroxyl groups is 1. The molecule has 1 nitrogen and oxygen atoms in total. The molecule has 0 aromatic heterocycles. The molecule has 0 aliphatic heterocycles. The van der Waals surface area contributed by atoms with Gasteiger partial charge >= 0.3 is 0 Å². The topological polar surface area (TPSA) is 20.2 Å². The van der Waals surface area contributed by atoms with Gasteiger partial charge in [0.2, 0.25) is 0 Å². The van der Waals surface area contributed by atoms with Crippen molar-refractivity contribution in [1.82, 2.24) is 0 Å². The van der Waals surface area contributed by atoms with Gasteiger partial charge in [0.25, 0.3) is 0 Å². The minimum atomic E-state index is 0.227. The highest BCUT2D eigenvalue weighted by Crippen LogP contribution is 2.43. The minimum Gasteiger partial charge on any atom is -0.506 e. The van der Waals surface area contributed by atoms with E-state index >= 15 is 0 Å². The number of benzene rings is 2. The maximum absolute atomic E-state index is 9.86. The largest absolute Gasteiger partial charge is 0.506 e. The number of halogens is 1. The van der Waals surface area contributed by atoms with E-state index in [2.05, 4.69) is 12.1 Å². The second kappa shape index (κ2) is 3.01. The Hall–Kier alpha value is -1.47. The van der Waals surface area contributed by atoms with Crippen molar-refractivity contribution >= 4 is 11.6 Å². The molecule has 0 saturated carbocycles. The summed E-state index contributed by atoms with van der Waals surface area (Å²) in [7, 11) is 0. The van der Waals surface area contributed by atoms with Crippen molar-refractivity contribution in [3.8, 4) is 16.9 Å². The number of hydrogen-bond donors (Lipinski definition) is 1. The number of phenolic OH excluding ortho intramolecular Hbond substituents is 1. The van der Waals surface area contributed by atoms with Crippen molar-refractivity contribution in [2.45, 2.75) is 6.42 Å². The molecular weight excluding hydrogens is 208 g/mol. The third kappa shape index (κ3) is 1.17. The van der Waals surface area contributed by atoms with Gasteiger partial charge in [0.15, 0.2) is 0 Å². The van der Waals surface area contributed by atoms with E-state index in [0.717, 1.165) is 17.5 Å². The van der Waals surface area contributed by atoms with Crippen LogP contribution in [0, 0.1) is 0 Å². The van der Waals surface area contributed by atoms with E-state index in [1.54, 1.807) is 6.07 Å². The summed E-state index contributed by atoms with van der Waals surface area (Å²) in [4.78, 5) is 0. The third-order valence-electron chi connectivity index (χ3n) is 2.91. The van der Waals surface area contributed by atoms with E-state index in [1.807, 2.05) is 18.2 Å². The van der Waals surface area contributed by atoms with Gasteiger partial charge in [0.05, 0.1) is 5.02 Å². The molecule has 0 heterocycles. The first-order valence-electron chi connectivity index (χ1n) is 4.86. The van der Waals surface area contributed by atoms with E-state index in [9.17, 15) is 5.11 Å². The second-order valence-corrected chi connectivity index (χ2v) is 4.16. The molecule has 2 aromatic rings. The van der Waals surface area contributed by atoms with Gasteiger partial charge in [0, 0.05) is 12.0 Å². The van der Waals surface area contributed by atoms with Crippen LogP contribution in [-0.4, -0.2) is 5.11 Å². The lowest BCUT2D eigenvalue weighted by molar-refractivity contribution is 0.470. The van der Waals surface area contributed by atoms with Crippen LogP contribution in [-0.2, 0) is 6.42 Å². The predicted molar refractivity (Wildman–Crippen MR) is 61.4 cm³/mol. The van der Waals surface area contributed by atoms with Gasteiger partial charge in [-0.25, -0.2) is 0 Å². The lowest BCUT2D eigenvalue weighted by Crippen LogP contribution is -1.82. The summed E-state index contributed by atoms with van der Waals surface area (Å²) in [5, 5.41) is 10.3. The average molecular weight is 217 g/mol. The first kappa shape index (κ1) is 8.81. The molecule has 2 aromatic carbocycles. The van der Waals surface area contributed by atoms with Crippen LogP contribution >= 0.6 is 11.6 Å². The summed E-state index contributed by atoms with van der Waals surface area (Å²) in [6.07, 6.45) is 0.776. The second-order valence-electron chi connectivity index (χ2n) is 3.76. The van der Waals surface area contributed by atoms with Crippen molar-refractivity contribution in [2.75, 3.05) is 0 Å². The Morgan fingerprint density at radius 1 is 1.00 bits per heavy atom. The lowest BCUT2D eigenvalue weighted by Gasteiger charge is -2.04. The van der Waals surface area contributed by atoms with Gasteiger partial charge in [0.1, 0.15) is 5.75 Å². The van der Waals surface area contributed by atoms with Crippen LogP contribution < -0.4 is 0 Å². The molecule has 0 unspecified atom stereocenters. The summed E-state index contributed by atoms with van der Waals surface area (Å²) in [5.41, 5.74) is 4.51. The fourth-order valence-electron chi connectivity index (χ4n) is 2.17. The van der Waals surface area contributed by atoms with Crippen molar-refractivity contribution in [3.63, 3.8) is 0 Å². The summed E-state index contributed by atoms with van der Waals surface area (Å²) >= 11 is 5.89. The monoisotopic (exact) mass is 216 g/mol. The summed E-state index contributed by atoms with van der Waals surface area (Å²) < 4.78 is 0. The number of rotatable bonds is 0. The first-order chi connectivity index (χ1) is 7.27. The first-order valence-corrected chi connectivity index (χ1v) is 5.24. The zero-order valence-corrected chi connectivity index (χ0v) is 8.75. The highest BCUT2D eigenvalue weighted by molar-refractivity contribution is 6.32. The third-order valence-corrected chi connectivity index (χ3v) is 3.21. The maximum atomic E-state index is 9.86. The maximum Gasteiger partial charge on any atom is 0.138 e. The summed E-state index contributed by atoms with van der Waals surface area (Å²) in [5.74, 6) is 0.227. The molecule has 1 aliphatic carbocycles. The lowest BCUT2D eigenvalue weighted by atomic mass is 10.1. The Bertz CT molecular complexity index is 546. The van der Waals surface area contributed by atoms with Crippen LogP contribution in [0.25, 0.3) is 11.1 Å². The minimum absolute atomic E-state index is 0.227. The van der Waals surface area contributed by atoms with Crippen LogP contribution in [0.15, 0.2) is 36.4 Å². The molecule has 0 amide bonds. The summed E-state index contributed by atoms with van der Waals surface area (Å²) in [6.45, 7) is 0. The number of fused-ring (bicyclic) bond motifs is 3. The SMILES string of the molecule is Oc1c(Cl)ccc2c1Cc1ccccc1-2. The molecule has 1 N–H and O–H groups in total. The van der Waals surface area contributed by atoms with Crippen LogP contribution in [0.5, 0.6) is 5.75 Å². The Morgan fingerprint density at radius 3 is 2.67 bits per heavy atom. The molecule has 0 saturated heterocycles. The van der Waals surface area contributed by atoms with E-state index in [4.69, 9.17) is 11.6 Å². The highest BCUT2D eigenvalue weighted by Gasteiger charge is 2.21. The van der Waals surface area contributed by atoms with Gasteiger partial charge in [-0.05, 0) is 22.8 Å².